The molecule has 0 nitrogen and oxygen atoms in total. The van der Waals surface area contributed by atoms with Crippen molar-refractivity contribution in [3.05, 3.63) is 69.3 Å². The van der Waals surface area contributed by atoms with Crippen LogP contribution in [0.4, 0.5) is 43.9 Å². The third-order valence-electron chi connectivity index (χ3n) is 17.8. The number of benzene rings is 2. The summed E-state index contributed by atoms with van der Waals surface area (Å²) in [6, 6.07) is 0. The Morgan fingerprint density at radius 3 is 0.821 bits per heavy atom. The lowest BCUT2D eigenvalue weighted by Crippen LogP contribution is -2.68. The van der Waals surface area contributed by atoms with Gasteiger partial charge in [0.15, 0.2) is 46.5 Å². The maximum atomic E-state index is 14.8. The van der Waals surface area contributed by atoms with Gasteiger partial charge in [-0.3, -0.25) is 0 Å². The monoisotopic (exact) mass is 784 g/mol. The van der Waals surface area contributed by atoms with Crippen LogP contribution in [0.3, 0.4) is 0 Å². The van der Waals surface area contributed by atoms with Gasteiger partial charge in [0.1, 0.15) is 11.1 Å². The van der Waals surface area contributed by atoms with Crippen LogP contribution < -0.4 is 0 Å². The summed E-state index contributed by atoms with van der Waals surface area (Å²) in [6.07, 6.45) is 17.7. The van der Waals surface area contributed by atoms with Crippen molar-refractivity contribution in [1.82, 2.24) is 0 Å². The molecule has 0 saturated heterocycles. The molecular weight excluding hydrogens is 742 g/mol. The van der Waals surface area contributed by atoms with Gasteiger partial charge in [0, 0.05) is 10.8 Å². The zero-order chi connectivity index (χ0) is 38.9. The second kappa shape index (κ2) is 11.3. The summed E-state index contributed by atoms with van der Waals surface area (Å²) in [5.74, 6) is -5.81. The van der Waals surface area contributed by atoms with Crippen LogP contribution in [0, 0.1) is 150 Å². The molecule has 296 valence electrons. The quantitative estimate of drug-likeness (QED) is 0.123. The van der Waals surface area contributed by atoms with Crippen LogP contribution in [0.15, 0.2) is 0 Å². The standard InChI is InChI=1S/C46H42F10/c47-31-29(32(48)36(52)39(55)35(31)51)1-3-41-8-23-5-24(9-41)13-43(12-23,20-41)45-16-27-7-28(17-45)19-46(18-27,22-45)44-14-25-6-26(15-44)11-42(10-25,21-44)4-2-30-33(49)37(53)40(56)38(54)34(30)50/h23-28H,5-22H2. The molecule has 10 heteroatoms. The highest BCUT2D eigenvalue weighted by atomic mass is 19.2. The van der Waals surface area contributed by atoms with E-state index in [1.165, 1.54) is 6.42 Å². The Hall–Kier alpha value is -3.14. The second-order valence-electron chi connectivity index (χ2n) is 21.0. The van der Waals surface area contributed by atoms with Crippen LogP contribution in [-0.4, -0.2) is 0 Å². The van der Waals surface area contributed by atoms with Gasteiger partial charge in [-0.25, -0.2) is 43.9 Å². The molecule has 12 aliphatic carbocycles. The minimum atomic E-state index is -2.19. The Balaban J connectivity index is 0.964. The van der Waals surface area contributed by atoms with Crippen molar-refractivity contribution in [3.63, 3.8) is 0 Å². The summed E-state index contributed by atoms with van der Waals surface area (Å²) in [7, 11) is 0. The molecule has 4 unspecified atom stereocenters. The van der Waals surface area contributed by atoms with E-state index >= 15 is 0 Å². The molecule has 12 bridgehead atoms. The van der Waals surface area contributed by atoms with Gasteiger partial charge in [0.2, 0.25) is 11.6 Å². The van der Waals surface area contributed by atoms with E-state index in [4.69, 9.17) is 0 Å². The van der Waals surface area contributed by atoms with E-state index in [1.54, 1.807) is 0 Å². The van der Waals surface area contributed by atoms with Crippen molar-refractivity contribution in [3.8, 4) is 23.7 Å². The Kier molecular flexibility index (Phi) is 7.27. The first-order valence-corrected chi connectivity index (χ1v) is 20.6. The normalized spacial score (nSPS) is 44.5. The van der Waals surface area contributed by atoms with Gasteiger partial charge in [-0.1, -0.05) is 23.7 Å². The van der Waals surface area contributed by atoms with Crippen molar-refractivity contribution >= 4 is 0 Å². The first kappa shape index (κ1) is 36.0. The molecule has 0 heterocycles. The van der Waals surface area contributed by atoms with Crippen LogP contribution >= 0.6 is 0 Å². The molecule has 12 aliphatic rings. The maximum absolute atomic E-state index is 14.8. The van der Waals surface area contributed by atoms with Crippen LogP contribution in [-0.2, 0) is 0 Å². The first-order valence-electron chi connectivity index (χ1n) is 20.6. The van der Waals surface area contributed by atoms with Crippen molar-refractivity contribution in [1.29, 1.82) is 0 Å². The number of rotatable bonds is 2. The third kappa shape index (κ3) is 4.65. The predicted molar refractivity (Wildman–Crippen MR) is 185 cm³/mol. The first-order chi connectivity index (χ1) is 26.5. The lowest BCUT2D eigenvalue weighted by atomic mass is 9.27. The Morgan fingerprint density at radius 2 is 0.536 bits per heavy atom. The van der Waals surface area contributed by atoms with E-state index in [2.05, 4.69) is 23.7 Å². The Labute approximate surface area is 319 Å². The molecule has 2 aromatic carbocycles. The van der Waals surface area contributed by atoms with E-state index in [0.29, 0.717) is 35.5 Å². The summed E-state index contributed by atoms with van der Waals surface area (Å²) in [5, 5.41) is 0. The highest BCUT2D eigenvalue weighted by Gasteiger charge is 2.74. The Bertz CT molecular complexity index is 2000. The van der Waals surface area contributed by atoms with Crippen LogP contribution in [0.2, 0.25) is 0 Å². The molecule has 0 N–H and O–H groups in total. The molecular formula is C46H42F10. The Morgan fingerprint density at radius 1 is 0.304 bits per heavy atom. The average Bonchev–Trinajstić information content (AvgIpc) is 3.13. The summed E-state index contributed by atoms with van der Waals surface area (Å²) < 4.78 is 144. The molecule has 56 heavy (non-hydrogen) atoms. The van der Waals surface area contributed by atoms with Crippen molar-refractivity contribution < 1.29 is 43.9 Å². The molecule has 0 spiro atoms. The van der Waals surface area contributed by atoms with Gasteiger partial charge in [0.25, 0.3) is 0 Å². The third-order valence-corrected chi connectivity index (χ3v) is 17.8. The van der Waals surface area contributed by atoms with Crippen LogP contribution in [0.1, 0.15) is 127 Å². The van der Waals surface area contributed by atoms with Crippen LogP contribution in [0.25, 0.3) is 0 Å². The van der Waals surface area contributed by atoms with Gasteiger partial charge in [-0.2, -0.15) is 0 Å². The minimum Gasteiger partial charge on any atom is -0.202 e. The van der Waals surface area contributed by atoms with Gasteiger partial charge < -0.3 is 0 Å². The summed E-state index contributed by atoms with van der Waals surface area (Å²) in [6.45, 7) is 0. The van der Waals surface area contributed by atoms with Gasteiger partial charge in [-0.05, 0) is 173 Å². The zero-order valence-corrected chi connectivity index (χ0v) is 31.0. The molecule has 4 atom stereocenters. The summed E-state index contributed by atoms with van der Waals surface area (Å²) >= 11 is 0. The fraction of sp³-hybridized carbons (Fsp3) is 0.652. The lowest BCUT2D eigenvalue weighted by Gasteiger charge is -2.77. The average molecular weight is 785 g/mol. The lowest BCUT2D eigenvalue weighted by molar-refractivity contribution is -0.275. The molecule has 0 amide bonds. The molecule has 0 radical (unpaired) electrons. The highest BCUT2D eigenvalue weighted by molar-refractivity contribution is 5.42. The highest BCUT2D eigenvalue weighted by Crippen LogP contribution is 2.83. The molecule has 2 aromatic rings. The van der Waals surface area contributed by atoms with Gasteiger partial charge in [0.05, 0.1) is 0 Å². The fourth-order valence-corrected chi connectivity index (χ4v) is 17.4. The zero-order valence-electron chi connectivity index (χ0n) is 31.0. The van der Waals surface area contributed by atoms with Gasteiger partial charge >= 0.3 is 0 Å². The van der Waals surface area contributed by atoms with E-state index in [-0.39, 0.29) is 21.7 Å². The van der Waals surface area contributed by atoms with E-state index in [1.807, 2.05) is 0 Å². The van der Waals surface area contributed by atoms with Crippen molar-refractivity contribution in [2.24, 2.45) is 68.0 Å². The SMILES string of the molecule is Fc1c(F)c(F)c(C#CC23CC4CC(C2)CC(C25CC6CC(C2)CC(C27CC8CC(CC(C#Cc9c(F)c(F)c(F)c(F)c9F)(C8)C2)C7)(C6)C5)(C4)C3)c(F)c1F. The minimum absolute atomic E-state index is 0.0317. The van der Waals surface area contributed by atoms with E-state index < -0.39 is 80.1 Å². The van der Waals surface area contributed by atoms with E-state index in [0.717, 1.165) is 109 Å². The second-order valence-corrected chi connectivity index (χ2v) is 21.0. The van der Waals surface area contributed by atoms with Crippen molar-refractivity contribution in [2.75, 3.05) is 0 Å². The largest absolute Gasteiger partial charge is 0.202 e. The van der Waals surface area contributed by atoms with Gasteiger partial charge in [-0.15, -0.1) is 0 Å². The maximum Gasteiger partial charge on any atom is 0.200 e. The van der Waals surface area contributed by atoms with E-state index in [9.17, 15) is 43.9 Å². The number of halogens is 10. The summed E-state index contributed by atoms with van der Waals surface area (Å²) in [5.41, 5.74) is -3.27. The molecule has 14 rings (SSSR count). The van der Waals surface area contributed by atoms with Crippen molar-refractivity contribution in [2.45, 2.75) is 116 Å². The molecule has 0 aromatic heterocycles. The fourth-order valence-electron chi connectivity index (χ4n) is 17.4. The number of hydrogen-bond donors (Lipinski definition) is 0. The topological polar surface area (TPSA) is 0 Å². The van der Waals surface area contributed by atoms with Crippen LogP contribution in [0.5, 0.6) is 0 Å². The predicted octanol–water partition coefficient (Wildman–Crippen LogP) is 12.2. The molecule has 0 aliphatic heterocycles. The smallest absolute Gasteiger partial charge is 0.200 e. The molecule has 12 fully saturated rings. The summed E-state index contributed by atoms with van der Waals surface area (Å²) in [4.78, 5) is 0. The molecule has 12 saturated carbocycles. The number of hydrogen-bond acceptors (Lipinski definition) is 0.